The summed E-state index contributed by atoms with van der Waals surface area (Å²) in [5.41, 5.74) is 1.41. The minimum atomic E-state index is -0.398. The smallest absolute Gasteiger partial charge is 0.254 e. The molecule has 4 aliphatic rings. The lowest BCUT2D eigenvalue weighted by molar-refractivity contribution is -0.165. The quantitative estimate of drug-likeness (QED) is 0.729. The second-order valence-corrected chi connectivity index (χ2v) is 10.6. The number of amides is 1. The van der Waals surface area contributed by atoms with Gasteiger partial charge in [-0.2, -0.15) is 0 Å². The maximum absolute atomic E-state index is 12.5. The van der Waals surface area contributed by atoms with Gasteiger partial charge in [0.1, 0.15) is 0 Å². The summed E-state index contributed by atoms with van der Waals surface area (Å²) < 4.78 is 17.4. The van der Waals surface area contributed by atoms with E-state index in [1.54, 1.807) is 4.88 Å². The summed E-state index contributed by atoms with van der Waals surface area (Å²) in [6.45, 7) is 10.8. The first-order chi connectivity index (χ1) is 14.6. The third kappa shape index (κ3) is 3.84. The molecular formula is C23H34N2O4S. The molecule has 7 heteroatoms. The standard InChI is InChI=1S/C23H34N2O4S/c1-3-18-10-19-21(30-18)4-7-29-23(19)5-6-24(16(2)11-23)12-17-13-25(14-17)22(26)20-15-27-8-9-28-20/h10,16-17,20H,3-9,11-15H2,1-2H3/t16-,20?,23+/m0/s1. The van der Waals surface area contributed by atoms with E-state index in [9.17, 15) is 4.79 Å². The first-order valence-electron chi connectivity index (χ1n) is 11.6. The fourth-order valence-electron chi connectivity index (χ4n) is 5.58. The van der Waals surface area contributed by atoms with E-state index in [0.717, 1.165) is 58.5 Å². The Morgan fingerprint density at radius 1 is 1.30 bits per heavy atom. The Morgan fingerprint density at radius 2 is 2.17 bits per heavy atom. The van der Waals surface area contributed by atoms with E-state index in [1.165, 1.54) is 10.4 Å². The third-order valence-electron chi connectivity index (χ3n) is 7.31. The molecule has 0 radical (unpaired) electrons. The van der Waals surface area contributed by atoms with Crippen LogP contribution in [0.1, 0.15) is 42.0 Å². The van der Waals surface area contributed by atoms with Crippen molar-refractivity contribution < 1.29 is 19.0 Å². The highest BCUT2D eigenvalue weighted by molar-refractivity contribution is 7.12. The average Bonchev–Trinajstić information content (AvgIpc) is 3.17. The number of likely N-dealkylation sites (tertiary alicyclic amines) is 2. The lowest BCUT2D eigenvalue weighted by Crippen LogP contribution is -2.59. The number of thiophene rings is 1. The van der Waals surface area contributed by atoms with Crippen LogP contribution in [0.5, 0.6) is 0 Å². The molecule has 30 heavy (non-hydrogen) atoms. The van der Waals surface area contributed by atoms with Crippen molar-refractivity contribution >= 4 is 17.2 Å². The van der Waals surface area contributed by atoms with E-state index in [4.69, 9.17) is 14.2 Å². The minimum Gasteiger partial charge on any atom is -0.376 e. The zero-order chi connectivity index (χ0) is 20.7. The second-order valence-electron chi connectivity index (χ2n) is 9.34. The molecule has 4 aliphatic heterocycles. The van der Waals surface area contributed by atoms with Gasteiger partial charge in [-0.15, -0.1) is 11.3 Å². The molecule has 1 unspecified atom stereocenters. The molecule has 0 N–H and O–H groups in total. The Hall–Kier alpha value is -0.990. The summed E-state index contributed by atoms with van der Waals surface area (Å²) in [4.78, 5) is 20.1. The van der Waals surface area contributed by atoms with Gasteiger partial charge in [-0.25, -0.2) is 0 Å². The number of hydrogen-bond acceptors (Lipinski definition) is 6. The van der Waals surface area contributed by atoms with Gasteiger partial charge in [-0.05, 0) is 37.8 Å². The highest BCUT2D eigenvalue weighted by atomic mass is 32.1. The van der Waals surface area contributed by atoms with Crippen molar-refractivity contribution in [2.45, 2.75) is 57.3 Å². The molecule has 166 valence electrons. The summed E-state index contributed by atoms with van der Waals surface area (Å²) in [5.74, 6) is 0.662. The molecule has 5 rings (SSSR count). The normalized spacial score (nSPS) is 32.8. The number of carbonyl (C=O) groups is 1. The topological polar surface area (TPSA) is 51.2 Å². The van der Waals surface area contributed by atoms with Crippen molar-refractivity contribution in [3.8, 4) is 0 Å². The van der Waals surface area contributed by atoms with E-state index < -0.39 is 6.10 Å². The van der Waals surface area contributed by atoms with Crippen LogP contribution in [0.4, 0.5) is 0 Å². The fourth-order valence-corrected chi connectivity index (χ4v) is 6.76. The summed E-state index contributed by atoms with van der Waals surface area (Å²) in [6, 6.07) is 2.92. The zero-order valence-corrected chi connectivity index (χ0v) is 19.0. The van der Waals surface area contributed by atoms with Gasteiger partial charge in [0.2, 0.25) is 0 Å². The molecule has 0 bridgehead atoms. The van der Waals surface area contributed by atoms with Crippen LogP contribution in [0.3, 0.4) is 0 Å². The lowest BCUT2D eigenvalue weighted by Gasteiger charge is -2.50. The van der Waals surface area contributed by atoms with Gasteiger partial charge in [-0.1, -0.05) is 6.92 Å². The first kappa shape index (κ1) is 20.9. The summed E-state index contributed by atoms with van der Waals surface area (Å²) in [7, 11) is 0. The molecule has 6 nitrogen and oxygen atoms in total. The highest BCUT2D eigenvalue weighted by Gasteiger charge is 2.45. The fraction of sp³-hybridized carbons (Fsp3) is 0.783. The molecule has 1 amide bonds. The number of carbonyl (C=O) groups excluding carboxylic acids is 1. The van der Waals surface area contributed by atoms with Gasteiger partial charge < -0.3 is 24.0 Å². The Morgan fingerprint density at radius 3 is 2.90 bits per heavy atom. The molecule has 1 aromatic heterocycles. The van der Waals surface area contributed by atoms with Gasteiger partial charge in [0.05, 0.1) is 32.0 Å². The third-order valence-corrected chi connectivity index (χ3v) is 8.65. The van der Waals surface area contributed by atoms with Crippen LogP contribution in [0.15, 0.2) is 6.07 Å². The van der Waals surface area contributed by atoms with Crippen LogP contribution in [-0.4, -0.2) is 80.5 Å². The van der Waals surface area contributed by atoms with E-state index >= 15 is 0 Å². The monoisotopic (exact) mass is 434 g/mol. The molecule has 5 heterocycles. The van der Waals surface area contributed by atoms with Crippen LogP contribution in [-0.2, 0) is 37.4 Å². The zero-order valence-electron chi connectivity index (χ0n) is 18.2. The molecular weight excluding hydrogens is 400 g/mol. The number of hydrogen-bond donors (Lipinski definition) is 0. The maximum Gasteiger partial charge on any atom is 0.254 e. The molecule has 3 fully saturated rings. The van der Waals surface area contributed by atoms with E-state index in [0.29, 0.717) is 31.8 Å². The highest BCUT2D eigenvalue weighted by Crippen LogP contribution is 2.46. The van der Waals surface area contributed by atoms with E-state index in [1.807, 2.05) is 16.2 Å². The summed E-state index contributed by atoms with van der Waals surface area (Å²) in [6.07, 6.45) is 3.94. The van der Waals surface area contributed by atoms with Gasteiger partial charge in [0.25, 0.3) is 5.91 Å². The number of fused-ring (bicyclic) bond motifs is 2. The predicted octanol–water partition coefficient (Wildman–Crippen LogP) is 2.44. The number of piperidine rings is 1. The number of ether oxygens (including phenoxy) is 3. The van der Waals surface area contributed by atoms with E-state index in [-0.39, 0.29) is 11.5 Å². The van der Waals surface area contributed by atoms with Crippen LogP contribution < -0.4 is 0 Å². The average molecular weight is 435 g/mol. The predicted molar refractivity (Wildman–Crippen MR) is 116 cm³/mol. The van der Waals surface area contributed by atoms with Crippen LogP contribution in [0.25, 0.3) is 0 Å². The largest absolute Gasteiger partial charge is 0.376 e. The van der Waals surface area contributed by atoms with Gasteiger partial charge in [0.15, 0.2) is 6.10 Å². The van der Waals surface area contributed by atoms with Gasteiger partial charge >= 0.3 is 0 Å². The number of rotatable bonds is 4. The van der Waals surface area contributed by atoms with E-state index in [2.05, 4.69) is 24.8 Å². The molecule has 0 aromatic carbocycles. The molecule has 0 aliphatic carbocycles. The minimum absolute atomic E-state index is 0.0760. The second kappa shape index (κ2) is 8.51. The molecule has 1 aromatic rings. The Kier molecular flexibility index (Phi) is 5.92. The lowest BCUT2D eigenvalue weighted by atomic mass is 9.79. The molecule has 3 atom stereocenters. The summed E-state index contributed by atoms with van der Waals surface area (Å²) in [5, 5.41) is 0. The maximum atomic E-state index is 12.5. The van der Waals surface area contributed by atoms with Crippen LogP contribution in [0, 0.1) is 5.92 Å². The Labute approximate surface area is 183 Å². The van der Waals surface area contributed by atoms with Crippen molar-refractivity contribution in [2.75, 3.05) is 52.6 Å². The van der Waals surface area contributed by atoms with Crippen LogP contribution >= 0.6 is 11.3 Å². The van der Waals surface area contributed by atoms with Crippen molar-refractivity contribution in [1.82, 2.24) is 9.80 Å². The first-order valence-corrected chi connectivity index (χ1v) is 12.4. The Bertz CT molecular complexity index is 771. The van der Waals surface area contributed by atoms with Crippen molar-refractivity contribution in [1.29, 1.82) is 0 Å². The van der Waals surface area contributed by atoms with Crippen molar-refractivity contribution in [2.24, 2.45) is 5.92 Å². The van der Waals surface area contributed by atoms with Crippen LogP contribution in [0.2, 0.25) is 0 Å². The molecule has 3 saturated heterocycles. The number of nitrogens with zero attached hydrogens (tertiary/aromatic N) is 2. The molecule has 1 spiro atoms. The molecule has 0 saturated carbocycles. The number of aryl methyl sites for hydroxylation is 1. The Balaban J connectivity index is 1.15. The van der Waals surface area contributed by atoms with Gasteiger partial charge in [0, 0.05) is 54.3 Å². The SMILES string of the molecule is CCc1cc2c(s1)CCO[C@@]21CCN(CC2CN(C(=O)C3COCCO3)C2)[C@@H](C)C1. The van der Waals surface area contributed by atoms with Crippen molar-refractivity contribution in [3.63, 3.8) is 0 Å². The summed E-state index contributed by atoms with van der Waals surface area (Å²) >= 11 is 1.99. The van der Waals surface area contributed by atoms with Gasteiger partial charge in [-0.3, -0.25) is 4.79 Å². The van der Waals surface area contributed by atoms with Crippen molar-refractivity contribution in [3.05, 3.63) is 21.4 Å².